The molecule has 4 aromatic rings. The van der Waals surface area contributed by atoms with Gasteiger partial charge in [0.05, 0.1) is 97.3 Å². The second-order valence-electron chi connectivity index (χ2n) is 17.0. The number of likely N-dealkylation sites (N-methyl/N-ethyl adjacent to an activating group) is 2. The molecule has 1 aliphatic heterocycles. The first-order valence-electron chi connectivity index (χ1n) is 22.8. The average Bonchev–Trinajstić information content (AvgIpc) is 3.36. The normalized spacial score (nSPS) is 15.8. The molecular formula is C53H71N2O13+. The van der Waals surface area contributed by atoms with Crippen LogP contribution in [-0.2, 0) is 38.3 Å². The fourth-order valence-corrected chi connectivity index (χ4v) is 9.02. The number of nitrogens with zero attached hydrogens (tertiary/aromatic N) is 2. The van der Waals surface area contributed by atoms with E-state index in [4.69, 9.17) is 52.1 Å². The van der Waals surface area contributed by atoms with Crippen LogP contribution < -0.4 is 42.6 Å². The van der Waals surface area contributed by atoms with Crippen molar-refractivity contribution >= 4 is 11.9 Å². The van der Waals surface area contributed by atoms with Gasteiger partial charge in [-0.15, -0.1) is 0 Å². The molecule has 0 aliphatic carbocycles. The molecule has 0 bridgehead atoms. The Morgan fingerprint density at radius 1 is 0.647 bits per heavy atom. The maximum atomic E-state index is 12.7. The molecule has 1 aliphatic rings. The highest BCUT2D eigenvalue weighted by atomic mass is 16.5. The summed E-state index contributed by atoms with van der Waals surface area (Å²) in [6.07, 6.45) is 5.71. The minimum atomic E-state index is -0.603. The zero-order valence-corrected chi connectivity index (χ0v) is 42.0. The molecule has 370 valence electrons. The van der Waals surface area contributed by atoms with E-state index in [0.717, 1.165) is 72.4 Å². The van der Waals surface area contributed by atoms with E-state index in [0.29, 0.717) is 82.0 Å². The van der Waals surface area contributed by atoms with E-state index >= 15 is 0 Å². The molecule has 0 N–H and O–H groups in total. The van der Waals surface area contributed by atoms with Gasteiger partial charge in [-0.05, 0) is 96.2 Å². The summed E-state index contributed by atoms with van der Waals surface area (Å²) in [6.45, 7) is 5.58. The van der Waals surface area contributed by atoms with Gasteiger partial charge < -0.3 is 61.5 Å². The molecule has 15 heteroatoms. The van der Waals surface area contributed by atoms with Gasteiger partial charge in [-0.25, -0.2) is 9.59 Å². The zero-order chi connectivity index (χ0) is 49.4. The number of ether oxygens (including phenoxy) is 11. The molecular weight excluding hydrogens is 873 g/mol. The maximum absolute atomic E-state index is 12.7. The van der Waals surface area contributed by atoms with E-state index in [9.17, 15) is 9.59 Å². The molecule has 0 saturated heterocycles. The van der Waals surface area contributed by atoms with Crippen LogP contribution in [0.25, 0.3) is 0 Å². The van der Waals surface area contributed by atoms with Crippen LogP contribution >= 0.6 is 0 Å². The van der Waals surface area contributed by atoms with Crippen LogP contribution in [0, 0.1) is 0 Å². The highest BCUT2D eigenvalue weighted by Crippen LogP contribution is 2.45. The predicted molar refractivity (Wildman–Crippen MR) is 260 cm³/mol. The lowest BCUT2D eigenvalue weighted by Crippen LogP contribution is -2.52. The number of carbonyl (C=O) groups excluding carboxylic acids is 2. The van der Waals surface area contributed by atoms with E-state index in [1.165, 1.54) is 5.56 Å². The SMILES string of the molecule is COc1ccc(C(C)c2cc(OC)c(OC)cc2CCN(C)CCCOC(=O)/C=C\C(=O)OCCC[N+]2(C)CCc3cc(OC)c(OC)cc3C2Cc2cc(OC)c(OC)c(OC)c2)cc1OC. The summed E-state index contributed by atoms with van der Waals surface area (Å²) in [6, 6.07) is 18.2. The van der Waals surface area contributed by atoms with Gasteiger partial charge in [0.25, 0.3) is 0 Å². The summed E-state index contributed by atoms with van der Waals surface area (Å²) in [5.41, 5.74) is 6.71. The monoisotopic (exact) mass is 943 g/mol. The zero-order valence-electron chi connectivity index (χ0n) is 42.0. The number of esters is 2. The van der Waals surface area contributed by atoms with Gasteiger partial charge in [0.15, 0.2) is 46.0 Å². The van der Waals surface area contributed by atoms with E-state index < -0.39 is 11.9 Å². The van der Waals surface area contributed by atoms with Crippen LogP contribution in [-0.4, -0.2) is 139 Å². The first-order chi connectivity index (χ1) is 32.8. The topological polar surface area (TPSA) is 139 Å². The molecule has 68 heavy (non-hydrogen) atoms. The van der Waals surface area contributed by atoms with Crippen molar-refractivity contribution in [3.05, 3.63) is 100 Å². The highest BCUT2D eigenvalue weighted by Gasteiger charge is 2.40. The van der Waals surface area contributed by atoms with Gasteiger partial charge in [0.2, 0.25) is 5.75 Å². The molecule has 0 saturated carbocycles. The molecule has 5 rings (SSSR count). The van der Waals surface area contributed by atoms with Crippen molar-refractivity contribution in [1.82, 2.24) is 4.90 Å². The Balaban J connectivity index is 1.11. The Kier molecular flexibility index (Phi) is 19.5. The predicted octanol–water partition coefficient (Wildman–Crippen LogP) is 7.80. The maximum Gasteiger partial charge on any atom is 0.331 e. The molecule has 0 amide bonds. The Hall–Kier alpha value is -6.32. The Morgan fingerprint density at radius 3 is 1.78 bits per heavy atom. The van der Waals surface area contributed by atoms with Crippen LogP contribution in [0.3, 0.4) is 0 Å². The van der Waals surface area contributed by atoms with Gasteiger partial charge >= 0.3 is 11.9 Å². The third-order valence-corrected chi connectivity index (χ3v) is 12.9. The van der Waals surface area contributed by atoms with Gasteiger partial charge in [-0.1, -0.05) is 13.0 Å². The van der Waals surface area contributed by atoms with Gasteiger partial charge in [0, 0.05) is 56.0 Å². The summed E-state index contributed by atoms with van der Waals surface area (Å²) in [5.74, 6) is 4.55. The fraction of sp³-hybridized carbons (Fsp3) is 0.472. The Morgan fingerprint density at radius 2 is 1.19 bits per heavy atom. The van der Waals surface area contributed by atoms with Crippen LogP contribution in [0.15, 0.2) is 66.7 Å². The fourth-order valence-electron chi connectivity index (χ4n) is 9.02. The number of hydrogen-bond acceptors (Lipinski definition) is 14. The van der Waals surface area contributed by atoms with Crippen LogP contribution in [0.1, 0.15) is 65.1 Å². The van der Waals surface area contributed by atoms with E-state index in [1.54, 1.807) is 64.0 Å². The summed E-state index contributed by atoms with van der Waals surface area (Å²) in [5, 5.41) is 0. The molecule has 0 fully saturated rings. The van der Waals surface area contributed by atoms with E-state index in [2.05, 4.69) is 31.0 Å². The van der Waals surface area contributed by atoms with Crippen LogP contribution in [0.2, 0.25) is 0 Å². The molecule has 15 nitrogen and oxygen atoms in total. The standard InChI is InChI=1S/C53H71N2O13/c1-35(37-15-16-43(58-4)44(30-37)59-5)40-33-47(62-8)45(60-6)31-38(40)19-22-54(2)21-13-25-67-51(56)17-18-52(57)68-26-14-23-55(3)24-20-39-32-46(61-7)48(63-9)34-41(39)42(55)27-36-28-49(64-10)53(66-12)50(29-36)65-11/h15-18,28-35,42H,13-14,19-27H2,1-12H3/q+1/b18-17-. The van der Waals surface area contributed by atoms with Gasteiger partial charge in [0.1, 0.15) is 6.04 Å². The number of hydrogen-bond donors (Lipinski definition) is 0. The van der Waals surface area contributed by atoms with Crippen molar-refractivity contribution in [3.8, 4) is 51.7 Å². The number of carbonyl (C=O) groups is 2. The number of quaternary nitrogens is 1. The third kappa shape index (κ3) is 13.0. The lowest BCUT2D eigenvalue weighted by atomic mass is 9.86. The molecule has 0 spiro atoms. The molecule has 3 atom stereocenters. The van der Waals surface area contributed by atoms with Gasteiger partial charge in [-0.3, -0.25) is 0 Å². The summed E-state index contributed by atoms with van der Waals surface area (Å²) >= 11 is 0. The summed E-state index contributed by atoms with van der Waals surface area (Å²) < 4.78 is 62.4. The van der Waals surface area contributed by atoms with Crippen molar-refractivity contribution < 1.29 is 66.2 Å². The van der Waals surface area contributed by atoms with E-state index in [-0.39, 0.29) is 25.2 Å². The average molecular weight is 944 g/mol. The molecule has 0 aromatic heterocycles. The number of rotatable bonds is 26. The van der Waals surface area contributed by atoms with Gasteiger partial charge in [-0.2, -0.15) is 0 Å². The first-order valence-corrected chi connectivity index (χ1v) is 22.8. The highest BCUT2D eigenvalue weighted by molar-refractivity contribution is 5.91. The molecule has 4 aromatic carbocycles. The van der Waals surface area contributed by atoms with Crippen molar-refractivity contribution in [1.29, 1.82) is 0 Å². The minimum absolute atomic E-state index is 0.0157. The molecule has 1 heterocycles. The largest absolute Gasteiger partial charge is 0.493 e. The molecule has 3 unspecified atom stereocenters. The van der Waals surface area contributed by atoms with E-state index in [1.807, 2.05) is 49.5 Å². The molecule has 0 radical (unpaired) electrons. The second-order valence-corrected chi connectivity index (χ2v) is 17.0. The third-order valence-electron chi connectivity index (χ3n) is 12.9. The number of benzene rings is 4. The number of fused-ring (bicyclic) bond motifs is 1. The van der Waals surface area contributed by atoms with Crippen molar-refractivity contribution in [2.45, 2.75) is 51.0 Å². The minimum Gasteiger partial charge on any atom is -0.493 e. The lowest BCUT2D eigenvalue weighted by molar-refractivity contribution is -0.941. The van der Waals surface area contributed by atoms with Crippen molar-refractivity contribution in [2.75, 3.05) is 117 Å². The Labute approximate surface area is 402 Å². The lowest BCUT2D eigenvalue weighted by Gasteiger charge is -2.46. The van der Waals surface area contributed by atoms with Crippen LogP contribution in [0.5, 0.6) is 51.7 Å². The second kappa shape index (κ2) is 25.2. The van der Waals surface area contributed by atoms with Crippen molar-refractivity contribution in [2.24, 2.45) is 0 Å². The van der Waals surface area contributed by atoms with Crippen molar-refractivity contribution in [3.63, 3.8) is 0 Å². The summed E-state index contributed by atoms with van der Waals surface area (Å²) in [4.78, 5) is 27.5. The smallest absolute Gasteiger partial charge is 0.331 e. The quantitative estimate of drug-likeness (QED) is 0.0262. The Bertz CT molecular complexity index is 2320. The number of methoxy groups -OCH3 is 9. The summed E-state index contributed by atoms with van der Waals surface area (Å²) in [7, 11) is 18.9. The first kappa shape index (κ1) is 52.6. The van der Waals surface area contributed by atoms with Crippen LogP contribution in [0.4, 0.5) is 0 Å².